The van der Waals surface area contributed by atoms with Crippen molar-refractivity contribution in [3.05, 3.63) is 42.1 Å². The molecule has 1 aromatic heterocycles. The fourth-order valence-corrected chi connectivity index (χ4v) is 2.39. The molecule has 0 atom stereocenters. The van der Waals surface area contributed by atoms with Crippen LogP contribution in [0.4, 0.5) is 0 Å². The van der Waals surface area contributed by atoms with Gasteiger partial charge in [0.2, 0.25) is 0 Å². The molecule has 0 radical (unpaired) electrons. The predicted molar refractivity (Wildman–Crippen MR) is 79.2 cm³/mol. The third-order valence-corrected chi connectivity index (χ3v) is 3.61. The van der Waals surface area contributed by atoms with Crippen molar-refractivity contribution >= 4 is 16.8 Å². The number of pyridine rings is 1. The summed E-state index contributed by atoms with van der Waals surface area (Å²) in [4.78, 5) is 18.8. The zero-order valence-corrected chi connectivity index (χ0v) is 11.2. The van der Waals surface area contributed by atoms with Gasteiger partial charge in [0.15, 0.2) is 0 Å². The summed E-state index contributed by atoms with van der Waals surface area (Å²) < 4.78 is 0. The van der Waals surface area contributed by atoms with Crippen molar-refractivity contribution in [3.8, 4) is 12.3 Å². The minimum atomic E-state index is -0.0147. The van der Waals surface area contributed by atoms with Gasteiger partial charge in [-0.3, -0.25) is 9.78 Å². The molecule has 3 nitrogen and oxygen atoms in total. The topological polar surface area (TPSA) is 33.2 Å². The summed E-state index contributed by atoms with van der Waals surface area (Å²) in [6.07, 6.45) is 9.50. The van der Waals surface area contributed by atoms with Gasteiger partial charge in [-0.15, -0.1) is 6.42 Å². The van der Waals surface area contributed by atoms with Crippen LogP contribution in [0.1, 0.15) is 23.2 Å². The number of hydrogen-bond acceptors (Lipinski definition) is 2. The van der Waals surface area contributed by atoms with E-state index >= 15 is 0 Å². The Kier molecular flexibility index (Phi) is 3.39. The molecule has 1 aliphatic rings. The second-order valence-electron chi connectivity index (χ2n) is 5.21. The van der Waals surface area contributed by atoms with E-state index in [9.17, 15) is 4.79 Å². The number of terminal acetylenes is 1. The number of carbonyl (C=O) groups is 1. The molecule has 1 aliphatic carbocycles. The summed E-state index contributed by atoms with van der Waals surface area (Å²) in [6, 6.07) is 9.52. The Morgan fingerprint density at radius 2 is 2.15 bits per heavy atom. The largest absolute Gasteiger partial charge is 0.327 e. The number of hydrogen-bond donors (Lipinski definition) is 0. The third kappa shape index (κ3) is 2.50. The van der Waals surface area contributed by atoms with Gasteiger partial charge < -0.3 is 4.90 Å². The fraction of sp³-hybridized carbons (Fsp3) is 0.294. The number of rotatable bonds is 4. The monoisotopic (exact) mass is 264 g/mol. The number of para-hydroxylation sites is 1. The lowest BCUT2D eigenvalue weighted by Crippen LogP contribution is -2.33. The minimum Gasteiger partial charge on any atom is -0.327 e. The van der Waals surface area contributed by atoms with E-state index in [0.29, 0.717) is 18.0 Å². The molecule has 0 N–H and O–H groups in total. The standard InChI is InChI=1S/C17H16N2O/c1-2-11-19(12-13-8-9-13)17(20)15-7-3-5-14-6-4-10-18-16(14)15/h1,3-7,10,13H,8-9,11-12H2. The van der Waals surface area contributed by atoms with Gasteiger partial charge in [0, 0.05) is 18.1 Å². The third-order valence-electron chi connectivity index (χ3n) is 3.61. The van der Waals surface area contributed by atoms with Crippen LogP contribution in [0.15, 0.2) is 36.5 Å². The van der Waals surface area contributed by atoms with Gasteiger partial charge in [-0.05, 0) is 30.9 Å². The van der Waals surface area contributed by atoms with Crippen LogP contribution in [0.2, 0.25) is 0 Å². The highest BCUT2D eigenvalue weighted by Crippen LogP contribution is 2.30. The van der Waals surface area contributed by atoms with Gasteiger partial charge in [0.05, 0.1) is 17.6 Å². The smallest absolute Gasteiger partial charge is 0.256 e. The molecule has 100 valence electrons. The van der Waals surface area contributed by atoms with Gasteiger partial charge in [-0.1, -0.05) is 24.1 Å². The number of nitrogens with zero attached hydrogens (tertiary/aromatic N) is 2. The van der Waals surface area contributed by atoms with Crippen LogP contribution >= 0.6 is 0 Å². The van der Waals surface area contributed by atoms with E-state index in [1.54, 1.807) is 11.1 Å². The number of aromatic nitrogens is 1. The summed E-state index contributed by atoms with van der Waals surface area (Å²) in [7, 11) is 0. The van der Waals surface area contributed by atoms with E-state index in [1.807, 2.05) is 30.3 Å². The molecule has 0 saturated heterocycles. The molecule has 1 amide bonds. The SMILES string of the molecule is C#CCN(CC1CC1)C(=O)c1cccc2cccnc12. The Morgan fingerprint density at radius 1 is 1.35 bits per heavy atom. The molecule has 20 heavy (non-hydrogen) atoms. The molecular formula is C17H16N2O. The van der Waals surface area contributed by atoms with Crippen molar-refractivity contribution in [2.24, 2.45) is 5.92 Å². The maximum Gasteiger partial charge on any atom is 0.256 e. The molecular weight excluding hydrogens is 248 g/mol. The summed E-state index contributed by atoms with van der Waals surface area (Å²) in [6.45, 7) is 1.12. The first-order valence-electron chi connectivity index (χ1n) is 6.86. The quantitative estimate of drug-likeness (QED) is 0.795. The zero-order chi connectivity index (χ0) is 13.9. The molecule has 2 aromatic rings. The molecule has 0 bridgehead atoms. The van der Waals surface area contributed by atoms with E-state index in [0.717, 1.165) is 17.4 Å². The Balaban J connectivity index is 1.95. The van der Waals surface area contributed by atoms with Crippen LogP contribution in [0.25, 0.3) is 10.9 Å². The lowest BCUT2D eigenvalue weighted by molar-refractivity contribution is 0.0771. The molecule has 1 saturated carbocycles. The first-order valence-corrected chi connectivity index (χ1v) is 6.86. The first-order chi connectivity index (χ1) is 9.79. The highest BCUT2D eigenvalue weighted by Gasteiger charge is 2.27. The highest BCUT2D eigenvalue weighted by molar-refractivity contribution is 6.05. The highest BCUT2D eigenvalue weighted by atomic mass is 16.2. The summed E-state index contributed by atoms with van der Waals surface area (Å²) in [5.41, 5.74) is 1.39. The number of fused-ring (bicyclic) bond motifs is 1. The van der Waals surface area contributed by atoms with Crippen LogP contribution in [-0.4, -0.2) is 28.9 Å². The van der Waals surface area contributed by atoms with E-state index in [1.165, 1.54) is 12.8 Å². The summed E-state index contributed by atoms with van der Waals surface area (Å²) >= 11 is 0. The molecule has 0 spiro atoms. The van der Waals surface area contributed by atoms with Crippen LogP contribution < -0.4 is 0 Å². The second-order valence-corrected chi connectivity index (χ2v) is 5.21. The van der Waals surface area contributed by atoms with Gasteiger partial charge in [-0.2, -0.15) is 0 Å². The van der Waals surface area contributed by atoms with E-state index < -0.39 is 0 Å². The van der Waals surface area contributed by atoms with Crippen LogP contribution in [0.3, 0.4) is 0 Å². The normalized spacial score (nSPS) is 13.9. The van der Waals surface area contributed by atoms with Gasteiger partial charge >= 0.3 is 0 Å². The van der Waals surface area contributed by atoms with E-state index in [-0.39, 0.29) is 5.91 Å². The Labute approximate surface area is 118 Å². The number of amides is 1. The molecule has 1 heterocycles. The van der Waals surface area contributed by atoms with Crippen molar-refractivity contribution in [1.29, 1.82) is 0 Å². The summed E-state index contributed by atoms with van der Waals surface area (Å²) in [5.74, 6) is 3.19. The van der Waals surface area contributed by atoms with Crippen LogP contribution in [0, 0.1) is 18.3 Å². The molecule has 3 heteroatoms. The van der Waals surface area contributed by atoms with Crippen molar-refractivity contribution in [2.45, 2.75) is 12.8 Å². The fourth-order valence-electron chi connectivity index (χ4n) is 2.39. The van der Waals surface area contributed by atoms with Gasteiger partial charge in [0.1, 0.15) is 0 Å². The number of carbonyl (C=O) groups excluding carboxylic acids is 1. The lowest BCUT2D eigenvalue weighted by Gasteiger charge is -2.20. The Bertz CT molecular complexity index is 677. The lowest BCUT2D eigenvalue weighted by atomic mass is 10.1. The molecule has 0 aliphatic heterocycles. The average Bonchev–Trinajstić information content (AvgIpc) is 3.29. The van der Waals surface area contributed by atoms with Crippen LogP contribution in [0.5, 0.6) is 0 Å². The van der Waals surface area contributed by atoms with E-state index in [2.05, 4.69) is 10.9 Å². The zero-order valence-electron chi connectivity index (χ0n) is 11.2. The maximum atomic E-state index is 12.7. The minimum absolute atomic E-state index is 0.0147. The number of benzene rings is 1. The van der Waals surface area contributed by atoms with Gasteiger partial charge in [0.25, 0.3) is 5.91 Å². The van der Waals surface area contributed by atoms with Crippen molar-refractivity contribution in [2.75, 3.05) is 13.1 Å². The van der Waals surface area contributed by atoms with E-state index in [4.69, 9.17) is 6.42 Å². The van der Waals surface area contributed by atoms with Crippen LogP contribution in [-0.2, 0) is 0 Å². The molecule has 0 unspecified atom stereocenters. The summed E-state index contributed by atoms with van der Waals surface area (Å²) in [5, 5.41) is 0.977. The second kappa shape index (κ2) is 5.34. The molecule has 1 aromatic carbocycles. The molecule has 1 fully saturated rings. The predicted octanol–water partition coefficient (Wildman–Crippen LogP) is 2.72. The van der Waals surface area contributed by atoms with Crippen molar-refractivity contribution in [1.82, 2.24) is 9.88 Å². The van der Waals surface area contributed by atoms with Gasteiger partial charge in [-0.25, -0.2) is 0 Å². The Morgan fingerprint density at radius 3 is 2.90 bits per heavy atom. The maximum absolute atomic E-state index is 12.7. The first kappa shape index (κ1) is 12.7. The van der Waals surface area contributed by atoms with Crippen molar-refractivity contribution in [3.63, 3.8) is 0 Å². The molecule has 3 rings (SSSR count). The van der Waals surface area contributed by atoms with Crippen molar-refractivity contribution < 1.29 is 4.79 Å². The Hall–Kier alpha value is -2.34. The average molecular weight is 264 g/mol.